The number of hydrogen-bond donors (Lipinski definition) is 2. The van der Waals surface area contributed by atoms with E-state index in [1.165, 1.54) is 0 Å². The highest BCUT2D eigenvalue weighted by molar-refractivity contribution is 5.44. The van der Waals surface area contributed by atoms with Gasteiger partial charge >= 0.3 is 6.18 Å². The van der Waals surface area contributed by atoms with E-state index in [0.717, 1.165) is 12.6 Å². The average Bonchev–Trinajstić information content (AvgIpc) is 3.06. The molecular weight excluding hydrogens is 311 g/mol. The largest absolute Gasteiger partial charge is 0.418 e. The van der Waals surface area contributed by atoms with Crippen LogP contribution in [0.5, 0.6) is 0 Å². The lowest BCUT2D eigenvalue weighted by Crippen LogP contribution is -2.51. The maximum Gasteiger partial charge on any atom is 0.418 e. The molecule has 126 valence electrons. The van der Waals surface area contributed by atoms with Crippen molar-refractivity contribution in [1.82, 2.24) is 19.5 Å². The van der Waals surface area contributed by atoms with Crippen LogP contribution in [0.25, 0.3) is 5.65 Å². The van der Waals surface area contributed by atoms with Gasteiger partial charge in [0, 0.05) is 38.1 Å². The van der Waals surface area contributed by atoms with E-state index < -0.39 is 18.3 Å². The zero-order valence-corrected chi connectivity index (χ0v) is 12.6. The minimum atomic E-state index is -4.63. The van der Waals surface area contributed by atoms with Gasteiger partial charge in [-0.2, -0.15) is 13.2 Å². The van der Waals surface area contributed by atoms with Crippen molar-refractivity contribution in [3.8, 4) is 0 Å². The smallest absolute Gasteiger partial charge is 0.380 e. The van der Waals surface area contributed by atoms with Crippen LogP contribution in [0.4, 0.5) is 19.0 Å². The van der Waals surface area contributed by atoms with Crippen LogP contribution in [0, 0.1) is 0 Å². The van der Waals surface area contributed by atoms with Crippen molar-refractivity contribution < 1.29 is 18.3 Å². The van der Waals surface area contributed by atoms with Crippen LogP contribution < -0.4 is 5.32 Å². The van der Waals surface area contributed by atoms with Crippen LogP contribution in [-0.2, 0) is 0 Å². The summed E-state index contributed by atoms with van der Waals surface area (Å²) in [6.07, 6.45) is -0.575. The molecule has 3 rings (SSSR count). The highest BCUT2D eigenvalue weighted by Gasteiger charge is 2.51. The monoisotopic (exact) mass is 329 g/mol. The Morgan fingerprint density at radius 2 is 2.17 bits per heavy atom. The van der Waals surface area contributed by atoms with Crippen molar-refractivity contribution in [1.29, 1.82) is 0 Å². The quantitative estimate of drug-likeness (QED) is 0.890. The summed E-state index contributed by atoms with van der Waals surface area (Å²) in [5.41, 5.74) is -1.97. The van der Waals surface area contributed by atoms with Gasteiger partial charge in [0.05, 0.1) is 0 Å². The number of anilines is 1. The lowest BCUT2D eigenvalue weighted by Gasteiger charge is -2.30. The zero-order valence-electron chi connectivity index (χ0n) is 12.6. The first-order valence-electron chi connectivity index (χ1n) is 7.33. The first-order chi connectivity index (χ1) is 10.7. The Balaban J connectivity index is 1.59. The van der Waals surface area contributed by atoms with Gasteiger partial charge < -0.3 is 10.4 Å². The topological polar surface area (TPSA) is 65.7 Å². The van der Waals surface area contributed by atoms with Crippen LogP contribution in [-0.4, -0.2) is 62.1 Å². The Morgan fingerprint density at radius 3 is 2.91 bits per heavy atom. The van der Waals surface area contributed by atoms with Crippen molar-refractivity contribution in [3.63, 3.8) is 0 Å². The standard InChI is InChI=1S/C14H18F3N5O/c1-13(23,14(15,16)17)9-21-6-4-10(8-21)19-11-2-3-12-18-5-7-22(12)20-11/h2-3,5,7,10,23H,4,6,8-9H2,1H3,(H,19,20)/t10-,13-/m1/s1. The van der Waals surface area contributed by atoms with E-state index in [4.69, 9.17) is 0 Å². The van der Waals surface area contributed by atoms with Gasteiger partial charge in [-0.1, -0.05) is 0 Å². The lowest BCUT2D eigenvalue weighted by atomic mass is 10.1. The molecule has 3 heterocycles. The van der Waals surface area contributed by atoms with Crippen LogP contribution >= 0.6 is 0 Å². The number of rotatable bonds is 4. The Bertz CT molecular complexity index is 684. The number of aliphatic hydroxyl groups is 1. The van der Waals surface area contributed by atoms with Gasteiger partial charge in [-0.15, -0.1) is 5.10 Å². The fraction of sp³-hybridized carbons (Fsp3) is 0.571. The molecule has 2 aromatic heterocycles. The number of fused-ring (bicyclic) bond motifs is 1. The maximum atomic E-state index is 12.7. The molecule has 1 fully saturated rings. The highest BCUT2D eigenvalue weighted by Crippen LogP contribution is 2.31. The second-order valence-electron chi connectivity index (χ2n) is 6.09. The summed E-state index contributed by atoms with van der Waals surface area (Å²) in [5, 5.41) is 17.1. The SMILES string of the molecule is C[C@@](O)(CN1CC[C@@H](Nc2ccc3nccn3n2)C1)C(F)(F)F. The first kappa shape index (κ1) is 16.0. The minimum Gasteiger partial charge on any atom is -0.380 e. The van der Waals surface area contributed by atoms with Gasteiger partial charge in [0.2, 0.25) is 0 Å². The van der Waals surface area contributed by atoms with Gasteiger partial charge in [0.1, 0.15) is 5.82 Å². The van der Waals surface area contributed by atoms with Crippen molar-refractivity contribution in [2.24, 2.45) is 0 Å². The van der Waals surface area contributed by atoms with E-state index in [2.05, 4.69) is 15.4 Å². The number of likely N-dealkylation sites (tertiary alicyclic amines) is 1. The highest BCUT2D eigenvalue weighted by atomic mass is 19.4. The van der Waals surface area contributed by atoms with Crippen LogP contribution in [0.15, 0.2) is 24.5 Å². The van der Waals surface area contributed by atoms with Gasteiger partial charge in [0.25, 0.3) is 0 Å². The van der Waals surface area contributed by atoms with E-state index in [1.807, 2.05) is 6.07 Å². The van der Waals surface area contributed by atoms with Gasteiger partial charge in [-0.25, -0.2) is 9.50 Å². The molecule has 1 aliphatic heterocycles. The molecule has 0 aromatic carbocycles. The molecule has 2 N–H and O–H groups in total. The predicted molar refractivity (Wildman–Crippen MR) is 78.1 cm³/mol. The summed E-state index contributed by atoms with van der Waals surface area (Å²) in [6, 6.07) is 3.60. The number of hydrogen-bond acceptors (Lipinski definition) is 5. The molecule has 2 atom stereocenters. The van der Waals surface area contributed by atoms with Gasteiger partial charge in [0.15, 0.2) is 11.2 Å². The molecule has 2 aromatic rings. The average molecular weight is 329 g/mol. The third-order valence-corrected chi connectivity index (χ3v) is 4.02. The zero-order chi connectivity index (χ0) is 16.7. The van der Waals surface area contributed by atoms with Gasteiger partial charge in [-0.05, 0) is 25.5 Å². The lowest BCUT2D eigenvalue weighted by molar-refractivity contribution is -0.256. The number of imidazole rings is 1. The van der Waals surface area contributed by atoms with Crippen molar-refractivity contribution in [3.05, 3.63) is 24.5 Å². The van der Waals surface area contributed by atoms with Crippen molar-refractivity contribution >= 4 is 11.5 Å². The first-order valence-corrected chi connectivity index (χ1v) is 7.33. The maximum absolute atomic E-state index is 12.7. The summed E-state index contributed by atoms with van der Waals surface area (Å²) >= 11 is 0. The predicted octanol–water partition coefficient (Wildman–Crippen LogP) is 1.53. The summed E-state index contributed by atoms with van der Waals surface area (Å²) in [6.45, 7) is 1.30. The number of aromatic nitrogens is 3. The molecular formula is C14H18F3N5O. The molecule has 0 radical (unpaired) electrons. The molecule has 23 heavy (non-hydrogen) atoms. The summed E-state index contributed by atoms with van der Waals surface area (Å²) in [7, 11) is 0. The summed E-state index contributed by atoms with van der Waals surface area (Å²) < 4.78 is 39.8. The molecule has 0 aliphatic carbocycles. The Kier molecular flexibility index (Phi) is 3.93. The molecule has 1 aliphatic rings. The van der Waals surface area contributed by atoms with Crippen LogP contribution in [0.3, 0.4) is 0 Å². The Morgan fingerprint density at radius 1 is 1.39 bits per heavy atom. The number of nitrogens with one attached hydrogen (secondary N) is 1. The fourth-order valence-corrected chi connectivity index (χ4v) is 2.72. The third-order valence-electron chi connectivity index (χ3n) is 4.02. The molecule has 0 unspecified atom stereocenters. The van der Waals surface area contributed by atoms with Crippen molar-refractivity contribution in [2.75, 3.05) is 25.0 Å². The molecule has 9 heteroatoms. The second-order valence-corrected chi connectivity index (χ2v) is 6.09. The fourth-order valence-electron chi connectivity index (χ4n) is 2.72. The molecule has 0 amide bonds. The van der Waals surface area contributed by atoms with E-state index in [-0.39, 0.29) is 6.04 Å². The normalized spacial score (nSPS) is 22.4. The van der Waals surface area contributed by atoms with Gasteiger partial charge in [-0.3, -0.25) is 4.90 Å². The second kappa shape index (κ2) is 5.64. The number of nitrogens with zero attached hydrogens (tertiary/aromatic N) is 4. The molecule has 0 bridgehead atoms. The molecule has 0 saturated carbocycles. The summed E-state index contributed by atoms with van der Waals surface area (Å²) in [5.74, 6) is 0.643. The third kappa shape index (κ3) is 3.40. The summed E-state index contributed by atoms with van der Waals surface area (Å²) in [4.78, 5) is 5.71. The Hall–Kier alpha value is -1.87. The van der Waals surface area contributed by atoms with Crippen LogP contribution in [0.1, 0.15) is 13.3 Å². The van der Waals surface area contributed by atoms with E-state index in [0.29, 0.717) is 25.3 Å². The van der Waals surface area contributed by atoms with E-state index >= 15 is 0 Å². The molecule has 6 nitrogen and oxygen atoms in total. The van der Waals surface area contributed by atoms with Crippen LogP contribution in [0.2, 0.25) is 0 Å². The Labute approximate surface area is 130 Å². The van der Waals surface area contributed by atoms with E-state index in [1.54, 1.807) is 27.9 Å². The number of alkyl halides is 3. The van der Waals surface area contributed by atoms with Crippen molar-refractivity contribution in [2.45, 2.75) is 31.2 Å². The molecule has 0 spiro atoms. The van der Waals surface area contributed by atoms with E-state index in [9.17, 15) is 18.3 Å². The molecule has 1 saturated heterocycles. The number of halogens is 3. The number of β-amino-alcohol motifs (C(OH)–C–C–N with tert-alkyl or cyclic N) is 1. The minimum absolute atomic E-state index is 0.00694.